The number of ether oxygens (including phenoxy) is 3. The van der Waals surface area contributed by atoms with Gasteiger partial charge in [0.2, 0.25) is 11.1 Å². The van der Waals surface area contributed by atoms with Crippen LogP contribution < -0.4 is 9.47 Å². The maximum absolute atomic E-state index is 13.8. The van der Waals surface area contributed by atoms with Gasteiger partial charge in [0, 0.05) is 0 Å². The predicted molar refractivity (Wildman–Crippen MR) is 94.9 cm³/mol. The molecule has 0 fully saturated rings. The predicted octanol–water partition coefficient (Wildman–Crippen LogP) is 3.93. The van der Waals surface area contributed by atoms with Gasteiger partial charge in [0.1, 0.15) is 11.6 Å². The van der Waals surface area contributed by atoms with Crippen LogP contribution in [0.4, 0.5) is 4.39 Å². The van der Waals surface area contributed by atoms with Crippen LogP contribution in [-0.2, 0) is 9.53 Å². The molecule has 1 aromatic carbocycles. The van der Waals surface area contributed by atoms with Gasteiger partial charge < -0.3 is 14.2 Å². The topological polar surface area (TPSA) is 94.3 Å². The molecule has 0 aliphatic carbocycles. The van der Waals surface area contributed by atoms with Gasteiger partial charge in [0.05, 0.1) is 19.4 Å². The van der Waals surface area contributed by atoms with E-state index in [9.17, 15) is 9.18 Å². The molecule has 0 atom stereocenters. The number of hydrogen-bond acceptors (Lipinski definition) is 7. The maximum Gasteiger partial charge on any atom is 0.348 e. The summed E-state index contributed by atoms with van der Waals surface area (Å²) in [6.45, 7) is 3.86. The first-order chi connectivity index (χ1) is 13.0. The highest BCUT2D eigenvalue weighted by Crippen LogP contribution is 2.33. The molecule has 0 aliphatic rings. The van der Waals surface area contributed by atoms with Crippen LogP contribution in [-0.4, -0.2) is 29.2 Å². The second-order valence-electron chi connectivity index (χ2n) is 4.92. The molecule has 2 rings (SSSR count). The molecule has 0 amide bonds. The number of esters is 1. The summed E-state index contributed by atoms with van der Waals surface area (Å²) in [5, 5.41) is 8.95. The van der Waals surface area contributed by atoms with E-state index in [0.29, 0.717) is 12.2 Å². The summed E-state index contributed by atoms with van der Waals surface area (Å²) in [5.74, 6) is -1.43. The molecule has 140 valence electrons. The van der Waals surface area contributed by atoms with Crippen LogP contribution in [0.2, 0.25) is 5.28 Å². The Hall–Kier alpha value is -3.18. The second kappa shape index (κ2) is 9.50. The number of hydrogen-bond donors (Lipinski definition) is 0. The van der Waals surface area contributed by atoms with Gasteiger partial charge >= 0.3 is 5.97 Å². The maximum atomic E-state index is 13.8. The number of benzene rings is 1. The summed E-state index contributed by atoms with van der Waals surface area (Å²) in [5.41, 5.74) is 0.332. The summed E-state index contributed by atoms with van der Waals surface area (Å²) in [4.78, 5) is 18.9. The largest absolute Gasteiger partial charge is 0.490 e. The minimum atomic E-state index is -0.792. The SMILES string of the molecule is CCOC(=O)/C(C#N)=C/c1ccc(Oc2nc(Cl)ncc2F)c(OCC)c1. The molecule has 0 spiro atoms. The number of nitriles is 1. The summed E-state index contributed by atoms with van der Waals surface area (Å²) >= 11 is 5.66. The average molecular weight is 392 g/mol. The standard InChI is InChI=1S/C18H15ClFN3O4/c1-3-25-15-8-11(7-12(9-21)17(24)26-4-2)5-6-14(15)27-16-13(20)10-22-18(19)23-16/h5-8,10H,3-4H2,1-2H3/b12-7+. The van der Waals surface area contributed by atoms with E-state index in [1.165, 1.54) is 18.2 Å². The number of aromatic nitrogens is 2. The molecule has 0 aliphatic heterocycles. The fourth-order valence-electron chi connectivity index (χ4n) is 1.99. The Morgan fingerprint density at radius 3 is 2.78 bits per heavy atom. The smallest absolute Gasteiger partial charge is 0.348 e. The molecule has 9 heteroatoms. The van der Waals surface area contributed by atoms with Crippen LogP contribution in [0.5, 0.6) is 17.4 Å². The quantitative estimate of drug-likeness (QED) is 0.305. The summed E-state index contributed by atoms with van der Waals surface area (Å²) < 4.78 is 29.5. The second-order valence-corrected chi connectivity index (χ2v) is 5.26. The van der Waals surface area contributed by atoms with Crippen molar-refractivity contribution in [1.82, 2.24) is 9.97 Å². The molecule has 0 saturated heterocycles. The van der Waals surface area contributed by atoms with Gasteiger partial charge in [-0.1, -0.05) is 6.07 Å². The Labute approximate surface area is 160 Å². The van der Waals surface area contributed by atoms with Crippen LogP contribution in [0.15, 0.2) is 30.0 Å². The van der Waals surface area contributed by atoms with Crippen LogP contribution in [0.3, 0.4) is 0 Å². The summed E-state index contributed by atoms with van der Waals surface area (Å²) in [6.07, 6.45) is 2.24. The highest BCUT2D eigenvalue weighted by Gasteiger charge is 2.14. The van der Waals surface area contributed by atoms with Gasteiger partial charge in [-0.05, 0) is 49.2 Å². The van der Waals surface area contributed by atoms with Gasteiger partial charge in [0.15, 0.2) is 11.5 Å². The molecule has 2 aromatic rings. The number of carbonyl (C=O) groups excluding carboxylic acids is 1. The van der Waals surface area contributed by atoms with E-state index >= 15 is 0 Å². The van der Waals surface area contributed by atoms with E-state index in [1.807, 2.05) is 0 Å². The first kappa shape index (κ1) is 20.1. The van der Waals surface area contributed by atoms with Gasteiger partial charge in [0.25, 0.3) is 5.88 Å². The van der Waals surface area contributed by atoms with Gasteiger partial charge in [-0.3, -0.25) is 0 Å². The highest BCUT2D eigenvalue weighted by atomic mass is 35.5. The molecule has 27 heavy (non-hydrogen) atoms. The van der Waals surface area contributed by atoms with E-state index < -0.39 is 11.8 Å². The molecule has 7 nitrogen and oxygen atoms in total. The lowest BCUT2D eigenvalue weighted by Gasteiger charge is -2.12. The van der Waals surface area contributed by atoms with Crippen LogP contribution >= 0.6 is 11.6 Å². The Bertz CT molecular complexity index is 912. The first-order valence-corrected chi connectivity index (χ1v) is 8.27. The normalized spacial score (nSPS) is 10.9. The zero-order chi connectivity index (χ0) is 19.8. The van der Waals surface area contributed by atoms with Crippen LogP contribution in [0.25, 0.3) is 6.08 Å². The molecule has 0 bridgehead atoms. The molecule has 0 saturated carbocycles. The fraction of sp³-hybridized carbons (Fsp3) is 0.222. The van der Waals surface area contributed by atoms with Crippen molar-refractivity contribution in [2.45, 2.75) is 13.8 Å². The monoisotopic (exact) mass is 391 g/mol. The summed E-state index contributed by atoms with van der Waals surface area (Å²) in [6, 6.07) is 6.38. The lowest BCUT2D eigenvalue weighted by atomic mass is 10.1. The Morgan fingerprint density at radius 2 is 2.11 bits per heavy atom. The van der Waals surface area contributed by atoms with Crippen molar-refractivity contribution < 1.29 is 23.4 Å². The summed E-state index contributed by atoms with van der Waals surface area (Å²) in [7, 11) is 0. The van der Waals surface area contributed by atoms with Crippen molar-refractivity contribution in [3.05, 3.63) is 46.6 Å². The van der Waals surface area contributed by atoms with Crippen molar-refractivity contribution in [2.75, 3.05) is 13.2 Å². The van der Waals surface area contributed by atoms with Crippen molar-refractivity contribution >= 4 is 23.6 Å². The molecule has 1 aromatic heterocycles. The Kier molecular flexibility index (Phi) is 7.08. The lowest BCUT2D eigenvalue weighted by molar-refractivity contribution is -0.137. The molecule has 1 heterocycles. The number of halogens is 2. The van der Waals surface area contributed by atoms with E-state index in [-0.39, 0.29) is 34.8 Å². The third-order valence-corrected chi connectivity index (χ3v) is 3.27. The minimum absolute atomic E-state index is 0.155. The van der Waals surface area contributed by atoms with Gasteiger partial charge in [-0.2, -0.15) is 14.6 Å². The third-order valence-electron chi connectivity index (χ3n) is 3.08. The van der Waals surface area contributed by atoms with Crippen molar-refractivity contribution in [2.24, 2.45) is 0 Å². The van der Waals surface area contributed by atoms with Gasteiger partial charge in [-0.25, -0.2) is 9.78 Å². The fourth-order valence-corrected chi connectivity index (χ4v) is 2.11. The van der Waals surface area contributed by atoms with Crippen LogP contribution in [0, 0.1) is 17.1 Å². The average Bonchev–Trinajstić information content (AvgIpc) is 2.65. The number of carbonyl (C=O) groups is 1. The number of rotatable bonds is 7. The first-order valence-electron chi connectivity index (χ1n) is 7.90. The van der Waals surface area contributed by atoms with E-state index in [1.54, 1.807) is 26.0 Å². The molecular formula is C18H15ClFN3O4. The lowest BCUT2D eigenvalue weighted by Crippen LogP contribution is -2.06. The van der Waals surface area contributed by atoms with Crippen molar-refractivity contribution in [3.63, 3.8) is 0 Å². The minimum Gasteiger partial charge on any atom is -0.490 e. The number of nitrogens with zero attached hydrogens (tertiary/aromatic N) is 3. The third kappa shape index (κ3) is 5.39. The zero-order valence-electron chi connectivity index (χ0n) is 14.5. The zero-order valence-corrected chi connectivity index (χ0v) is 15.3. The molecule has 0 N–H and O–H groups in total. The molecule has 0 radical (unpaired) electrons. The van der Waals surface area contributed by atoms with Crippen LogP contribution in [0.1, 0.15) is 19.4 Å². The van der Waals surface area contributed by atoms with E-state index in [4.69, 9.17) is 31.1 Å². The molecular weight excluding hydrogens is 377 g/mol. The molecule has 0 unspecified atom stereocenters. The van der Waals surface area contributed by atoms with Gasteiger partial charge in [-0.15, -0.1) is 0 Å². The van der Waals surface area contributed by atoms with Crippen molar-refractivity contribution in [1.29, 1.82) is 5.26 Å². The Balaban J connectivity index is 2.37. The van der Waals surface area contributed by atoms with Crippen molar-refractivity contribution in [3.8, 4) is 23.4 Å². The highest BCUT2D eigenvalue weighted by molar-refractivity contribution is 6.28. The van der Waals surface area contributed by atoms with E-state index in [0.717, 1.165) is 6.20 Å². The Morgan fingerprint density at radius 1 is 1.33 bits per heavy atom. The van der Waals surface area contributed by atoms with E-state index in [2.05, 4.69) is 9.97 Å².